The molecule has 2 saturated heterocycles. The van der Waals surface area contributed by atoms with Crippen molar-refractivity contribution in [2.45, 2.75) is 50.0 Å². The van der Waals surface area contributed by atoms with Crippen LogP contribution in [0, 0.1) is 6.92 Å². The lowest BCUT2D eigenvalue weighted by atomic mass is 9.87. The molecule has 10 heteroatoms. The topological polar surface area (TPSA) is 116 Å². The van der Waals surface area contributed by atoms with E-state index < -0.39 is 40.0 Å². The molecule has 2 aliphatic heterocycles. The van der Waals surface area contributed by atoms with E-state index in [2.05, 4.69) is 10.6 Å². The predicted octanol–water partition coefficient (Wildman–Crippen LogP) is 2.97. The molecule has 9 nitrogen and oxygen atoms in total. The number of amides is 4. The molecule has 0 saturated carbocycles. The van der Waals surface area contributed by atoms with Gasteiger partial charge in [-0.15, -0.1) is 0 Å². The van der Waals surface area contributed by atoms with E-state index in [4.69, 9.17) is 0 Å². The molecule has 2 aromatic carbocycles. The van der Waals surface area contributed by atoms with E-state index in [1.807, 2.05) is 19.1 Å². The third kappa shape index (κ3) is 4.81. The number of hydrogen-bond donors (Lipinski definition) is 2. The van der Waals surface area contributed by atoms with Crippen LogP contribution in [-0.4, -0.2) is 55.1 Å². The van der Waals surface area contributed by atoms with E-state index in [9.17, 15) is 22.8 Å². The van der Waals surface area contributed by atoms with Crippen LogP contribution in [0.15, 0.2) is 53.4 Å². The summed E-state index contributed by atoms with van der Waals surface area (Å²) in [5.41, 5.74) is 0.857. The first-order valence-corrected chi connectivity index (χ1v) is 13.2. The van der Waals surface area contributed by atoms with Crippen molar-refractivity contribution in [3.63, 3.8) is 0 Å². The Kier molecular flexibility index (Phi) is 6.95. The van der Waals surface area contributed by atoms with Crippen molar-refractivity contribution in [2.75, 3.05) is 25.0 Å². The Balaban J connectivity index is 1.43. The number of nitrogens with zero attached hydrogens (tertiary/aromatic N) is 2. The first kappa shape index (κ1) is 24.9. The van der Waals surface area contributed by atoms with Gasteiger partial charge in [-0.2, -0.15) is 4.31 Å². The van der Waals surface area contributed by atoms with Crippen LogP contribution in [0.5, 0.6) is 0 Å². The molecule has 4 amide bonds. The molecule has 186 valence electrons. The van der Waals surface area contributed by atoms with Crippen molar-refractivity contribution >= 4 is 33.6 Å². The lowest BCUT2D eigenvalue weighted by Crippen LogP contribution is -2.44. The molecule has 0 radical (unpaired) electrons. The number of carbonyl (C=O) groups excluding carboxylic acids is 3. The molecule has 4 rings (SSSR count). The van der Waals surface area contributed by atoms with Crippen LogP contribution in [-0.2, 0) is 25.2 Å². The molecule has 1 atom stereocenters. The third-order valence-electron chi connectivity index (χ3n) is 6.64. The number of imide groups is 1. The molecule has 35 heavy (non-hydrogen) atoms. The van der Waals surface area contributed by atoms with Crippen molar-refractivity contribution in [1.29, 1.82) is 0 Å². The minimum Gasteiger partial charge on any atom is -0.325 e. The summed E-state index contributed by atoms with van der Waals surface area (Å²) in [5, 5.41) is 5.40. The largest absolute Gasteiger partial charge is 0.325 e. The van der Waals surface area contributed by atoms with E-state index in [1.54, 1.807) is 19.1 Å². The first-order chi connectivity index (χ1) is 16.7. The Morgan fingerprint density at radius 3 is 2.23 bits per heavy atom. The number of anilines is 1. The normalized spacial score (nSPS) is 21.1. The Bertz CT molecular complexity index is 1220. The average molecular weight is 499 g/mol. The van der Waals surface area contributed by atoms with Crippen molar-refractivity contribution in [3.8, 4) is 0 Å². The van der Waals surface area contributed by atoms with E-state index in [0.29, 0.717) is 30.8 Å². The van der Waals surface area contributed by atoms with Gasteiger partial charge in [-0.3, -0.25) is 14.5 Å². The van der Waals surface area contributed by atoms with Crippen LogP contribution < -0.4 is 10.6 Å². The van der Waals surface area contributed by atoms with Crippen LogP contribution in [0.4, 0.5) is 10.5 Å². The summed E-state index contributed by atoms with van der Waals surface area (Å²) in [6.45, 7) is 4.31. The summed E-state index contributed by atoms with van der Waals surface area (Å²) in [6.07, 6.45) is 3.06. The number of carbonyl (C=O) groups is 3. The summed E-state index contributed by atoms with van der Waals surface area (Å²) in [7, 11) is -3.57. The fourth-order valence-corrected chi connectivity index (χ4v) is 6.07. The summed E-state index contributed by atoms with van der Waals surface area (Å²) in [6, 6.07) is 12.6. The van der Waals surface area contributed by atoms with Crippen LogP contribution in [0.2, 0.25) is 0 Å². The highest BCUT2D eigenvalue weighted by Crippen LogP contribution is 2.32. The van der Waals surface area contributed by atoms with Crippen LogP contribution in [0.1, 0.15) is 43.7 Å². The highest BCUT2D eigenvalue weighted by Gasteiger charge is 2.51. The lowest BCUT2D eigenvalue weighted by molar-refractivity contribution is -0.134. The van der Waals surface area contributed by atoms with Gasteiger partial charge in [0.1, 0.15) is 12.1 Å². The number of sulfonamides is 1. The van der Waals surface area contributed by atoms with Gasteiger partial charge in [0.2, 0.25) is 15.9 Å². The zero-order valence-corrected chi connectivity index (χ0v) is 20.7. The molecular formula is C25H30N4O5S. The van der Waals surface area contributed by atoms with Crippen molar-refractivity contribution in [3.05, 3.63) is 59.7 Å². The Labute approximate surface area is 205 Å². The van der Waals surface area contributed by atoms with Crippen LogP contribution >= 0.6 is 0 Å². The summed E-state index contributed by atoms with van der Waals surface area (Å²) >= 11 is 0. The standard InChI is InChI=1S/C25H30N4O5S/c1-3-25(19-9-7-18(2)8-10-19)23(31)29(24(32)27-25)17-22(30)26-20-11-13-21(14-12-20)35(33,34)28-15-5-4-6-16-28/h7-14H,3-6,15-17H2,1-2H3,(H,26,30)(H,27,32). The molecule has 0 bridgehead atoms. The summed E-state index contributed by atoms with van der Waals surface area (Å²) in [5.74, 6) is -1.04. The number of aryl methyl sites for hydroxylation is 1. The highest BCUT2D eigenvalue weighted by molar-refractivity contribution is 7.89. The molecule has 2 N–H and O–H groups in total. The first-order valence-electron chi connectivity index (χ1n) is 11.8. The van der Waals surface area contributed by atoms with E-state index >= 15 is 0 Å². The lowest BCUT2D eigenvalue weighted by Gasteiger charge is -2.26. The van der Waals surface area contributed by atoms with Gasteiger partial charge in [0.15, 0.2) is 0 Å². The Hall–Kier alpha value is -3.24. The predicted molar refractivity (Wildman–Crippen MR) is 131 cm³/mol. The third-order valence-corrected chi connectivity index (χ3v) is 8.56. The second kappa shape index (κ2) is 9.79. The molecule has 1 unspecified atom stereocenters. The highest BCUT2D eigenvalue weighted by atomic mass is 32.2. The number of nitrogens with one attached hydrogen (secondary N) is 2. The van der Waals surface area contributed by atoms with Gasteiger partial charge in [0.05, 0.1) is 4.90 Å². The minimum absolute atomic E-state index is 0.164. The zero-order valence-electron chi connectivity index (χ0n) is 19.9. The number of benzene rings is 2. The van der Waals surface area contributed by atoms with E-state index in [1.165, 1.54) is 28.6 Å². The second-order valence-corrected chi connectivity index (χ2v) is 10.9. The zero-order chi connectivity index (χ0) is 25.2. The Morgan fingerprint density at radius 2 is 1.63 bits per heavy atom. The number of urea groups is 1. The number of piperidine rings is 1. The Morgan fingerprint density at radius 1 is 1.00 bits per heavy atom. The van der Waals surface area contributed by atoms with Crippen molar-refractivity contribution in [2.24, 2.45) is 0 Å². The van der Waals surface area contributed by atoms with Gasteiger partial charge in [-0.25, -0.2) is 13.2 Å². The fraction of sp³-hybridized carbons (Fsp3) is 0.400. The van der Waals surface area contributed by atoms with E-state index in [-0.39, 0.29) is 4.90 Å². The summed E-state index contributed by atoms with van der Waals surface area (Å²) in [4.78, 5) is 39.6. The number of hydrogen-bond acceptors (Lipinski definition) is 5. The molecule has 2 aliphatic rings. The minimum atomic E-state index is -3.57. The molecule has 2 heterocycles. The quantitative estimate of drug-likeness (QED) is 0.570. The molecule has 0 aromatic heterocycles. The summed E-state index contributed by atoms with van der Waals surface area (Å²) < 4.78 is 27.1. The second-order valence-electron chi connectivity index (χ2n) is 8.98. The van der Waals surface area contributed by atoms with Crippen molar-refractivity contribution in [1.82, 2.24) is 14.5 Å². The van der Waals surface area contributed by atoms with E-state index in [0.717, 1.165) is 29.7 Å². The SMILES string of the molecule is CCC1(c2ccc(C)cc2)NC(=O)N(CC(=O)Nc2ccc(S(=O)(=O)N3CCCCC3)cc2)C1=O. The van der Waals surface area contributed by atoms with Gasteiger partial charge < -0.3 is 10.6 Å². The van der Waals surface area contributed by atoms with Crippen LogP contribution in [0.3, 0.4) is 0 Å². The maximum atomic E-state index is 13.2. The molecule has 0 spiro atoms. The van der Waals surface area contributed by atoms with Gasteiger partial charge >= 0.3 is 6.03 Å². The van der Waals surface area contributed by atoms with Crippen molar-refractivity contribution < 1.29 is 22.8 Å². The average Bonchev–Trinajstić information content (AvgIpc) is 3.10. The fourth-order valence-electron chi connectivity index (χ4n) is 4.56. The van der Waals surface area contributed by atoms with Gasteiger partial charge in [0, 0.05) is 18.8 Å². The number of rotatable bonds is 7. The van der Waals surface area contributed by atoms with Gasteiger partial charge in [-0.1, -0.05) is 43.2 Å². The smallest absolute Gasteiger partial charge is 0.325 e. The maximum absolute atomic E-state index is 13.2. The van der Waals surface area contributed by atoms with Crippen LogP contribution in [0.25, 0.3) is 0 Å². The molecular weight excluding hydrogens is 468 g/mol. The molecule has 2 aromatic rings. The molecule has 0 aliphatic carbocycles. The van der Waals surface area contributed by atoms with Gasteiger partial charge in [-0.05, 0) is 56.0 Å². The van der Waals surface area contributed by atoms with Gasteiger partial charge in [0.25, 0.3) is 5.91 Å². The monoisotopic (exact) mass is 498 g/mol. The molecule has 2 fully saturated rings. The maximum Gasteiger partial charge on any atom is 0.325 e.